The normalized spacial score (nSPS) is 26.0. The molecule has 0 aromatic rings. The van der Waals surface area contributed by atoms with Crippen molar-refractivity contribution in [1.82, 2.24) is 9.79 Å². The Bertz CT molecular complexity index is 573. The van der Waals surface area contributed by atoms with Gasteiger partial charge in [0.2, 0.25) is 0 Å². The van der Waals surface area contributed by atoms with Crippen LogP contribution in [-0.2, 0) is 34.8 Å². The van der Waals surface area contributed by atoms with E-state index in [4.69, 9.17) is 19.0 Å². The first kappa shape index (κ1) is 26.0. The first-order valence-electron chi connectivity index (χ1n) is 12.6. The monoisotopic (exact) mass is 474 g/mol. The first-order chi connectivity index (χ1) is 15.7. The van der Waals surface area contributed by atoms with Gasteiger partial charge in [0.15, 0.2) is 6.29 Å². The highest BCUT2D eigenvalue weighted by atomic mass is 32.2. The van der Waals surface area contributed by atoms with Crippen LogP contribution in [0.4, 0.5) is 0 Å². The van der Waals surface area contributed by atoms with E-state index >= 15 is 0 Å². The molecule has 8 nitrogen and oxygen atoms in total. The highest BCUT2D eigenvalue weighted by Gasteiger charge is 2.49. The van der Waals surface area contributed by atoms with E-state index < -0.39 is 22.0 Å². The number of hydrogen-bond acceptors (Lipinski definition) is 6. The molecule has 0 spiro atoms. The Morgan fingerprint density at radius 2 is 1.88 bits per heavy atom. The number of hydrogen-bond donors (Lipinski definition) is 1. The fourth-order valence-corrected chi connectivity index (χ4v) is 6.37. The summed E-state index contributed by atoms with van der Waals surface area (Å²) < 4.78 is 31.4. The summed E-state index contributed by atoms with van der Waals surface area (Å²) in [7, 11) is -1.42. The van der Waals surface area contributed by atoms with E-state index in [2.05, 4.69) is 12.4 Å². The molecular formula is C23H42N2O6S. The predicted molar refractivity (Wildman–Crippen MR) is 123 cm³/mol. The second-order valence-electron chi connectivity index (χ2n) is 9.18. The molecule has 3 rings (SSSR count). The van der Waals surface area contributed by atoms with Gasteiger partial charge in [-0.1, -0.05) is 19.8 Å². The highest BCUT2D eigenvalue weighted by Crippen LogP contribution is 2.33. The van der Waals surface area contributed by atoms with E-state index in [1.54, 1.807) is 0 Å². The van der Waals surface area contributed by atoms with Gasteiger partial charge >= 0.3 is 0 Å². The summed E-state index contributed by atoms with van der Waals surface area (Å²) in [5.41, 5.74) is 2.58. The Balaban J connectivity index is 1.46. The first-order valence-corrected chi connectivity index (χ1v) is 13.7. The van der Waals surface area contributed by atoms with Crippen molar-refractivity contribution in [3.63, 3.8) is 0 Å². The van der Waals surface area contributed by atoms with Crippen LogP contribution in [0.25, 0.3) is 0 Å². The summed E-state index contributed by atoms with van der Waals surface area (Å²) in [5, 5.41) is 0. The highest BCUT2D eigenvalue weighted by molar-refractivity contribution is 7.85. The molecule has 1 N–H and O–H groups in total. The lowest BCUT2D eigenvalue weighted by atomic mass is 9.95. The van der Waals surface area contributed by atoms with Gasteiger partial charge < -0.3 is 14.2 Å². The van der Waals surface area contributed by atoms with E-state index in [0.29, 0.717) is 38.6 Å². The van der Waals surface area contributed by atoms with Gasteiger partial charge in [0, 0.05) is 52.5 Å². The van der Waals surface area contributed by atoms with Gasteiger partial charge in [-0.25, -0.2) is 18.8 Å². The quantitative estimate of drug-likeness (QED) is 0.346. The number of nitrogens with one attached hydrogen (secondary N) is 1. The fraction of sp³-hybridized carbons (Fsp3) is 0.957. The molecule has 0 radical (unpaired) electrons. The van der Waals surface area contributed by atoms with Crippen molar-refractivity contribution in [3.8, 4) is 0 Å². The number of carbonyl (C=O) groups is 1. The molecule has 2 unspecified atom stereocenters. The number of hydroxylamine groups is 1. The zero-order valence-electron chi connectivity index (χ0n) is 19.7. The third kappa shape index (κ3) is 7.46. The van der Waals surface area contributed by atoms with Crippen molar-refractivity contribution in [2.45, 2.75) is 88.6 Å². The molecular weight excluding hydrogens is 432 g/mol. The van der Waals surface area contributed by atoms with Gasteiger partial charge in [0.25, 0.3) is 5.91 Å². The topological polar surface area (TPSA) is 86.3 Å². The van der Waals surface area contributed by atoms with E-state index in [-0.39, 0.29) is 5.91 Å². The molecule has 3 aliphatic heterocycles. The third-order valence-corrected chi connectivity index (χ3v) is 8.94. The molecule has 0 aromatic heterocycles. The summed E-state index contributed by atoms with van der Waals surface area (Å²) in [6, 6.07) is 0. The summed E-state index contributed by atoms with van der Waals surface area (Å²) in [6.45, 7) is 6.86. The summed E-state index contributed by atoms with van der Waals surface area (Å²) in [6.07, 6.45) is 9.86. The molecule has 0 saturated carbocycles. The van der Waals surface area contributed by atoms with E-state index in [1.165, 1.54) is 12.8 Å². The number of unbranched alkanes of at least 4 members (excludes halogenated alkanes) is 2. The van der Waals surface area contributed by atoms with Crippen molar-refractivity contribution >= 4 is 16.9 Å². The zero-order chi connectivity index (χ0) is 22.7. The standard InChI is InChI=1S/C23H42N2O6S/c1-2-3-5-15-28-17-10-20-8-13-25(14-9-20)32(27)23(11-18-29-19-12-23)22(26)24-31-21-7-4-6-16-30-21/h20-21H,2-19H2,1H3,(H,24,26). The second kappa shape index (κ2) is 14.0. The van der Waals surface area contributed by atoms with Gasteiger partial charge in [-0.2, -0.15) is 0 Å². The molecule has 186 valence electrons. The molecule has 32 heavy (non-hydrogen) atoms. The van der Waals surface area contributed by atoms with E-state index in [0.717, 1.165) is 71.2 Å². The van der Waals surface area contributed by atoms with Crippen molar-refractivity contribution in [1.29, 1.82) is 0 Å². The molecule has 3 fully saturated rings. The van der Waals surface area contributed by atoms with Crippen LogP contribution in [0.2, 0.25) is 0 Å². The van der Waals surface area contributed by atoms with Crippen LogP contribution in [0.15, 0.2) is 0 Å². The van der Waals surface area contributed by atoms with Crippen molar-refractivity contribution < 1.29 is 28.1 Å². The van der Waals surface area contributed by atoms with Crippen LogP contribution >= 0.6 is 0 Å². The number of nitrogens with zero attached hydrogens (tertiary/aromatic N) is 1. The number of rotatable bonds is 12. The molecule has 3 saturated heterocycles. The van der Waals surface area contributed by atoms with Gasteiger partial charge in [-0.3, -0.25) is 4.79 Å². The Morgan fingerprint density at radius 1 is 1.09 bits per heavy atom. The van der Waals surface area contributed by atoms with Crippen molar-refractivity contribution in [2.24, 2.45) is 5.92 Å². The Labute approximate surface area is 195 Å². The van der Waals surface area contributed by atoms with Crippen LogP contribution in [-0.4, -0.2) is 71.6 Å². The molecule has 9 heteroatoms. The number of ether oxygens (including phenoxy) is 3. The van der Waals surface area contributed by atoms with Crippen LogP contribution < -0.4 is 5.48 Å². The molecule has 3 heterocycles. The summed E-state index contributed by atoms with van der Waals surface area (Å²) in [5.74, 6) is 0.289. The minimum atomic E-state index is -1.42. The maximum atomic E-state index is 13.6. The van der Waals surface area contributed by atoms with Crippen LogP contribution in [0.3, 0.4) is 0 Å². The summed E-state index contributed by atoms with van der Waals surface area (Å²) in [4.78, 5) is 18.7. The minimum absolute atomic E-state index is 0.309. The van der Waals surface area contributed by atoms with E-state index in [9.17, 15) is 9.00 Å². The van der Waals surface area contributed by atoms with Crippen LogP contribution in [0.5, 0.6) is 0 Å². The zero-order valence-corrected chi connectivity index (χ0v) is 20.5. The lowest BCUT2D eigenvalue weighted by Gasteiger charge is -2.40. The van der Waals surface area contributed by atoms with Gasteiger partial charge in [-0.15, -0.1) is 0 Å². The van der Waals surface area contributed by atoms with E-state index in [1.807, 2.05) is 4.31 Å². The predicted octanol–water partition coefficient (Wildman–Crippen LogP) is 3.08. The van der Waals surface area contributed by atoms with Crippen molar-refractivity contribution in [2.75, 3.05) is 46.1 Å². The minimum Gasteiger partial charge on any atom is -0.381 e. The fourth-order valence-electron chi connectivity index (χ4n) is 4.62. The number of carbonyl (C=O) groups excluding carboxylic acids is 1. The molecule has 3 aliphatic rings. The third-order valence-electron chi connectivity index (χ3n) is 6.84. The van der Waals surface area contributed by atoms with Gasteiger partial charge in [-0.05, 0) is 57.3 Å². The largest absolute Gasteiger partial charge is 0.381 e. The Hall–Kier alpha value is -0.580. The maximum Gasteiger partial charge on any atom is 0.264 e. The SMILES string of the molecule is CCCCCOCCC1CCN(S(=O)C2(C(=O)NOC3CCCCO3)CCOCC2)CC1. The summed E-state index contributed by atoms with van der Waals surface area (Å²) >= 11 is 0. The van der Waals surface area contributed by atoms with Crippen molar-refractivity contribution in [3.05, 3.63) is 0 Å². The van der Waals surface area contributed by atoms with Gasteiger partial charge in [0.1, 0.15) is 15.7 Å². The lowest BCUT2D eigenvalue weighted by Crippen LogP contribution is -2.58. The lowest BCUT2D eigenvalue weighted by molar-refractivity contribution is -0.202. The Kier molecular flexibility index (Phi) is 11.4. The van der Waals surface area contributed by atoms with Gasteiger partial charge in [0.05, 0.1) is 0 Å². The Morgan fingerprint density at radius 3 is 2.56 bits per heavy atom. The van der Waals surface area contributed by atoms with Crippen LogP contribution in [0.1, 0.15) is 77.6 Å². The average molecular weight is 475 g/mol. The molecule has 0 bridgehead atoms. The smallest absolute Gasteiger partial charge is 0.264 e. The average Bonchev–Trinajstić information content (AvgIpc) is 2.85. The molecule has 0 aromatic carbocycles. The number of piperidine rings is 1. The maximum absolute atomic E-state index is 13.6. The van der Waals surface area contributed by atoms with Crippen LogP contribution in [0, 0.1) is 5.92 Å². The number of amides is 1. The molecule has 1 amide bonds. The molecule has 0 aliphatic carbocycles. The second-order valence-corrected chi connectivity index (χ2v) is 11.0. The molecule has 2 atom stereocenters.